The fraction of sp³-hybridized carbons (Fsp3) is 0.417. The molecule has 1 aliphatic heterocycles. The van der Waals surface area contributed by atoms with Crippen LogP contribution in [-0.2, 0) is 0 Å². The molecule has 2 heterocycles. The lowest BCUT2D eigenvalue weighted by Gasteiger charge is -2.12. The molecule has 1 aliphatic rings. The van der Waals surface area contributed by atoms with E-state index in [-0.39, 0.29) is 11.2 Å². The van der Waals surface area contributed by atoms with E-state index in [9.17, 15) is 0 Å². The highest BCUT2D eigenvalue weighted by molar-refractivity contribution is 6.28. The molecular weight excluding hydrogens is 250 g/mol. The summed E-state index contributed by atoms with van der Waals surface area (Å²) in [6, 6.07) is 0. The van der Waals surface area contributed by atoms with Crippen molar-refractivity contribution < 1.29 is 0 Å². The van der Waals surface area contributed by atoms with Gasteiger partial charge < -0.3 is 11.1 Å². The van der Waals surface area contributed by atoms with Gasteiger partial charge in [0.05, 0.1) is 5.71 Å². The van der Waals surface area contributed by atoms with Gasteiger partial charge in [0, 0.05) is 12.5 Å². The molecule has 1 atom stereocenters. The number of hydrogen-bond acceptors (Lipinski definition) is 5. The minimum absolute atomic E-state index is 0.145. The Morgan fingerprint density at radius 3 is 3.00 bits per heavy atom. The number of nitrogens with zero attached hydrogens (tertiary/aromatic N) is 3. The molecule has 0 radical (unpaired) electrons. The van der Waals surface area contributed by atoms with Gasteiger partial charge in [-0.3, -0.25) is 4.99 Å². The number of rotatable bonds is 2. The van der Waals surface area contributed by atoms with E-state index in [0.29, 0.717) is 17.2 Å². The van der Waals surface area contributed by atoms with Gasteiger partial charge in [0.15, 0.2) is 5.82 Å². The van der Waals surface area contributed by atoms with E-state index >= 15 is 0 Å². The predicted molar refractivity (Wildman–Crippen MR) is 75.1 cm³/mol. The molecular formula is C12H16ClN5. The van der Waals surface area contributed by atoms with Crippen LogP contribution in [0.1, 0.15) is 26.0 Å². The lowest BCUT2D eigenvalue weighted by Crippen LogP contribution is -2.15. The van der Waals surface area contributed by atoms with Crippen molar-refractivity contribution >= 4 is 28.8 Å². The third-order valence-corrected chi connectivity index (χ3v) is 2.87. The predicted octanol–water partition coefficient (Wildman–Crippen LogP) is 2.49. The smallest absolute Gasteiger partial charge is 0.225 e. The van der Waals surface area contributed by atoms with Crippen LogP contribution in [0, 0.1) is 5.92 Å². The molecule has 0 aliphatic carbocycles. The van der Waals surface area contributed by atoms with Crippen LogP contribution in [0.4, 0.5) is 11.5 Å². The summed E-state index contributed by atoms with van der Waals surface area (Å²) < 4.78 is 0. The Bertz CT molecular complexity index is 509. The van der Waals surface area contributed by atoms with Gasteiger partial charge in [-0.2, -0.15) is 4.98 Å². The lowest BCUT2D eigenvalue weighted by molar-refractivity contribution is 0.899. The molecule has 1 aromatic heterocycles. The number of allylic oxidation sites excluding steroid dienone is 1. The second kappa shape index (κ2) is 5.35. The number of halogens is 1. The normalized spacial score (nSPS) is 20.4. The number of aromatic nitrogens is 2. The minimum atomic E-state index is 0.145. The van der Waals surface area contributed by atoms with E-state index in [1.165, 1.54) is 0 Å². The van der Waals surface area contributed by atoms with Crippen LogP contribution in [0.5, 0.6) is 0 Å². The maximum absolute atomic E-state index is 5.88. The van der Waals surface area contributed by atoms with Crippen molar-refractivity contribution in [2.75, 3.05) is 17.6 Å². The van der Waals surface area contributed by atoms with Gasteiger partial charge in [-0.25, -0.2) is 4.98 Å². The van der Waals surface area contributed by atoms with E-state index in [4.69, 9.17) is 17.3 Å². The first kappa shape index (κ1) is 12.8. The maximum atomic E-state index is 5.88. The second-order valence-electron chi connectivity index (χ2n) is 4.16. The van der Waals surface area contributed by atoms with E-state index in [0.717, 1.165) is 18.7 Å². The van der Waals surface area contributed by atoms with Crippen LogP contribution < -0.4 is 11.1 Å². The van der Waals surface area contributed by atoms with Crippen molar-refractivity contribution in [3.63, 3.8) is 0 Å². The van der Waals surface area contributed by atoms with E-state index < -0.39 is 0 Å². The SMILES string of the molecule is CCCN=C1c2nc(Cl)nc(N)c2NC=CC1C. The van der Waals surface area contributed by atoms with E-state index in [1.54, 1.807) is 0 Å². The third kappa shape index (κ3) is 2.46. The number of fused-ring (bicyclic) bond motifs is 1. The minimum Gasteiger partial charge on any atom is -0.382 e. The molecule has 0 amide bonds. The highest BCUT2D eigenvalue weighted by Gasteiger charge is 2.21. The average molecular weight is 266 g/mol. The Morgan fingerprint density at radius 2 is 2.28 bits per heavy atom. The van der Waals surface area contributed by atoms with Gasteiger partial charge in [0.25, 0.3) is 0 Å². The molecule has 18 heavy (non-hydrogen) atoms. The summed E-state index contributed by atoms with van der Waals surface area (Å²) in [5.41, 5.74) is 8.12. The van der Waals surface area contributed by atoms with Crippen molar-refractivity contribution in [3.8, 4) is 0 Å². The Labute approximate surface area is 111 Å². The van der Waals surface area contributed by atoms with Crippen LogP contribution in [0.3, 0.4) is 0 Å². The number of anilines is 2. The fourth-order valence-electron chi connectivity index (χ4n) is 1.81. The van der Waals surface area contributed by atoms with Crippen molar-refractivity contribution in [2.45, 2.75) is 20.3 Å². The molecule has 0 fully saturated rings. The maximum Gasteiger partial charge on any atom is 0.225 e. The van der Waals surface area contributed by atoms with Crippen LogP contribution >= 0.6 is 11.6 Å². The number of aliphatic imine (C=N–C) groups is 1. The average Bonchev–Trinajstić information content (AvgIpc) is 2.46. The summed E-state index contributed by atoms with van der Waals surface area (Å²) in [6.45, 7) is 4.91. The summed E-state index contributed by atoms with van der Waals surface area (Å²) in [4.78, 5) is 12.8. The van der Waals surface area contributed by atoms with Gasteiger partial charge in [0.1, 0.15) is 11.4 Å². The highest BCUT2D eigenvalue weighted by Crippen LogP contribution is 2.27. The highest BCUT2D eigenvalue weighted by atomic mass is 35.5. The van der Waals surface area contributed by atoms with Crippen molar-refractivity contribution in [1.82, 2.24) is 9.97 Å². The Kier molecular flexibility index (Phi) is 3.81. The third-order valence-electron chi connectivity index (χ3n) is 2.70. The molecule has 0 saturated heterocycles. The van der Waals surface area contributed by atoms with Gasteiger partial charge >= 0.3 is 0 Å². The summed E-state index contributed by atoms with van der Waals surface area (Å²) in [5.74, 6) is 0.503. The Balaban J connectivity index is 2.57. The molecule has 0 spiro atoms. The zero-order chi connectivity index (χ0) is 13.1. The second-order valence-corrected chi connectivity index (χ2v) is 4.50. The molecule has 2 rings (SSSR count). The van der Waals surface area contributed by atoms with Crippen molar-refractivity contribution in [1.29, 1.82) is 0 Å². The first-order valence-corrected chi connectivity index (χ1v) is 6.32. The largest absolute Gasteiger partial charge is 0.382 e. The summed E-state index contributed by atoms with van der Waals surface area (Å²) in [6.07, 6.45) is 4.84. The van der Waals surface area contributed by atoms with Crippen molar-refractivity contribution in [2.24, 2.45) is 10.9 Å². The molecule has 5 nitrogen and oxygen atoms in total. The van der Waals surface area contributed by atoms with Crippen LogP contribution in [0.25, 0.3) is 0 Å². The summed E-state index contributed by atoms with van der Waals surface area (Å²) in [5, 5.41) is 3.23. The van der Waals surface area contributed by atoms with Crippen LogP contribution in [-0.4, -0.2) is 22.2 Å². The van der Waals surface area contributed by atoms with Gasteiger partial charge in [-0.05, 0) is 24.2 Å². The molecule has 0 aromatic carbocycles. The van der Waals surface area contributed by atoms with Gasteiger partial charge in [-0.1, -0.05) is 19.9 Å². The monoisotopic (exact) mass is 265 g/mol. The van der Waals surface area contributed by atoms with Crippen molar-refractivity contribution in [3.05, 3.63) is 23.3 Å². The molecule has 96 valence electrons. The first-order valence-electron chi connectivity index (χ1n) is 5.94. The fourth-order valence-corrected chi connectivity index (χ4v) is 1.99. The Hall–Kier alpha value is -1.62. The zero-order valence-corrected chi connectivity index (χ0v) is 11.2. The summed E-state index contributed by atoms with van der Waals surface area (Å²) >= 11 is 5.88. The lowest BCUT2D eigenvalue weighted by atomic mass is 10.0. The summed E-state index contributed by atoms with van der Waals surface area (Å²) in [7, 11) is 0. The zero-order valence-electron chi connectivity index (χ0n) is 10.4. The van der Waals surface area contributed by atoms with E-state index in [2.05, 4.69) is 34.1 Å². The first-order chi connectivity index (χ1) is 8.63. The van der Waals surface area contributed by atoms with Gasteiger partial charge in [-0.15, -0.1) is 0 Å². The molecule has 6 heteroatoms. The molecule has 0 bridgehead atoms. The quantitative estimate of drug-likeness (QED) is 0.806. The van der Waals surface area contributed by atoms with E-state index in [1.807, 2.05) is 12.3 Å². The van der Waals surface area contributed by atoms with Crippen LogP contribution in [0.15, 0.2) is 17.3 Å². The molecule has 1 unspecified atom stereocenters. The van der Waals surface area contributed by atoms with Crippen LogP contribution in [0.2, 0.25) is 5.28 Å². The number of nitrogens with one attached hydrogen (secondary N) is 1. The Morgan fingerprint density at radius 1 is 1.50 bits per heavy atom. The standard InChI is InChI=1S/C12H16ClN5/c1-3-5-15-8-7(2)4-6-16-10-9(8)17-12(13)18-11(10)14/h4,6-7,16H,3,5H2,1-2H3,(H2,14,17,18). The van der Waals surface area contributed by atoms with Gasteiger partial charge in [0.2, 0.25) is 5.28 Å². The number of nitrogen functional groups attached to an aromatic ring is 1. The number of nitrogens with two attached hydrogens (primary N) is 1. The number of hydrogen-bond donors (Lipinski definition) is 2. The molecule has 0 saturated carbocycles. The molecule has 1 aromatic rings. The molecule has 3 N–H and O–H groups in total. The topological polar surface area (TPSA) is 76.2 Å².